The first-order valence-corrected chi connectivity index (χ1v) is 4.29. The van der Waals surface area contributed by atoms with E-state index in [1.165, 1.54) is 0 Å². The van der Waals surface area contributed by atoms with E-state index in [1.54, 1.807) is 12.5 Å². The van der Waals surface area contributed by atoms with Crippen molar-refractivity contribution in [2.45, 2.75) is 6.54 Å². The number of terminal acetylenes is 1. The van der Waals surface area contributed by atoms with Crippen LogP contribution in [-0.2, 0) is 6.54 Å². The molecule has 0 atom stereocenters. The van der Waals surface area contributed by atoms with Crippen LogP contribution in [0.15, 0.2) is 23.0 Å². The van der Waals surface area contributed by atoms with Crippen LogP contribution in [0.25, 0.3) is 0 Å². The molecule has 0 unspecified atom stereocenters. The maximum atomic E-state index is 5.08. The van der Waals surface area contributed by atoms with Crippen molar-refractivity contribution in [2.75, 3.05) is 19.6 Å². The van der Waals surface area contributed by atoms with E-state index in [0.717, 1.165) is 25.2 Å². The van der Waals surface area contributed by atoms with Gasteiger partial charge in [0.05, 0.1) is 19.1 Å². The Hall–Kier alpha value is -1.24. The van der Waals surface area contributed by atoms with Crippen LogP contribution in [-0.4, -0.2) is 19.6 Å². The Balaban J connectivity index is 1.94. The smallest absolute Gasteiger partial charge is 0.0947 e. The largest absolute Gasteiger partial charge is 0.472 e. The predicted molar refractivity (Wildman–Crippen MR) is 52.1 cm³/mol. The van der Waals surface area contributed by atoms with Gasteiger partial charge in [-0.25, -0.2) is 0 Å². The Morgan fingerprint density at radius 2 is 2.23 bits per heavy atom. The minimum absolute atomic E-state index is 0.632. The highest BCUT2D eigenvalue weighted by molar-refractivity contribution is 5.04. The highest BCUT2D eigenvalue weighted by Crippen LogP contribution is 1.97. The minimum Gasteiger partial charge on any atom is -0.472 e. The highest BCUT2D eigenvalue weighted by Gasteiger charge is 1.91. The first kappa shape index (κ1) is 9.85. The summed E-state index contributed by atoms with van der Waals surface area (Å²) in [6.07, 6.45) is 8.49. The molecule has 0 aliphatic rings. The number of nitrogens with one attached hydrogen (secondary N) is 2. The molecule has 13 heavy (non-hydrogen) atoms. The van der Waals surface area contributed by atoms with Crippen LogP contribution in [0.5, 0.6) is 0 Å². The minimum atomic E-state index is 0.632. The van der Waals surface area contributed by atoms with Crippen molar-refractivity contribution >= 4 is 0 Å². The van der Waals surface area contributed by atoms with Gasteiger partial charge in [0.15, 0.2) is 0 Å². The fourth-order valence-electron chi connectivity index (χ4n) is 0.963. The van der Waals surface area contributed by atoms with Gasteiger partial charge in [0.25, 0.3) is 0 Å². The van der Waals surface area contributed by atoms with Crippen molar-refractivity contribution in [1.29, 1.82) is 0 Å². The summed E-state index contributed by atoms with van der Waals surface area (Å²) in [5, 5.41) is 6.35. The van der Waals surface area contributed by atoms with Crippen molar-refractivity contribution < 1.29 is 4.42 Å². The van der Waals surface area contributed by atoms with Gasteiger partial charge in [-0.15, -0.1) is 6.42 Å². The maximum absolute atomic E-state index is 5.08. The molecule has 0 fully saturated rings. The van der Waals surface area contributed by atoms with Crippen molar-refractivity contribution in [2.24, 2.45) is 0 Å². The van der Waals surface area contributed by atoms with E-state index in [-0.39, 0.29) is 0 Å². The molecule has 0 aromatic carbocycles. The van der Waals surface area contributed by atoms with E-state index in [4.69, 9.17) is 10.8 Å². The quantitative estimate of drug-likeness (QED) is 0.494. The molecular weight excluding hydrogens is 164 g/mol. The first-order valence-electron chi connectivity index (χ1n) is 4.29. The number of furan rings is 1. The summed E-state index contributed by atoms with van der Waals surface area (Å²) in [4.78, 5) is 0. The number of rotatable bonds is 6. The molecule has 1 aromatic heterocycles. The first-order chi connectivity index (χ1) is 6.43. The van der Waals surface area contributed by atoms with E-state index in [1.807, 2.05) is 6.07 Å². The molecule has 3 heteroatoms. The van der Waals surface area contributed by atoms with Crippen LogP contribution < -0.4 is 10.6 Å². The van der Waals surface area contributed by atoms with Crippen LogP contribution in [0.1, 0.15) is 5.56 Å². The highest BCUT2D eigenvalue weighted by atomic mass is 16.3. The third kappa shape index (κ3) is 4.36. The molecule has 1 heterocycles. The lowest BCUT2D eigenvalue weighted by molar-refractivity contribution is 0.559. The van der Waals surface area contributed by atoms with Crippen LogP contribution in [0, 0.1) is 12.3 Å². The van der Waals surface area contributed by atoms with Crippen LogP contribution in [0.4, 0.5) is 0 Å². The van der Waals surface area contributed by atoms with Gasteiger partial charge in [-0.05, 0) is 6.07 Å². The normalized spacial score (nSPS) is 9.77. The molecule has 0 saturated heterocycles. The second-order valence-electron chi connectivity index (χ2n) is 2.69. The van der Waals surface area contributed by atoms with Gasteiger partial charge in [-0.2, -0.15) is 0 Å². The monoisotopic (exact) mass is 178 g/mol. The van der Waals surface area contributed by atoms with Crippen LogP contribution in [0.3, 0.4) is 0 Å². The van der Waals surface area contributed by atoms with Gasteiger partial charge < -0.3 is 15.1 Å². The third-order valence-corrected chi connectivity index (χ3v) is 1.61. The number of hydrogen-bond acceptors (Lipinski definition) is 3. The van der Waals surface area contributed by atoms with Crippen LogP contribution >= 0.6 is 0 Å². The molecular formula is C10H14N2O. The molecule has 0 aliphatic heterocycles. The fourth-order valence-corrected chi connectivity index (χ4v) is 0.963. The lowest BCUT2D eigenvalue weighted by Gasteiger charge is -2.02. The zero-order valence-corrected chi connectivity index (χ0v) is 7.55. The number of hydrogen-bond donors (Lipinski definition) is 2. The van der Waals surface area contributed by atoms with Gasteiger partial charge >= 0.3 is 0 Å². The summed E-state index contributed by atoms with van der Waals surface area (Å²) in [6, 6.07) is 1.95. The summed E-state index contributed by atoms with van der Waals surface area (Å²) in [6.45, 7) is 3.27. The average molecular weight is 178 g/mol. The lowest BCUT2D eigenvalue weighted by atomic mass is 10.3. The molecule has 2 N–H and O–H groups in total. The summed E-state index contributed by atoms with van der Waals surface area (Å²) in [5.41, 5.74) is 1.16. The molecule has 0 amide bonds. The maximum Gasteiger partial charge on any atom is 0.0947 e. The predicted octanol–water partition coefficient (Wildman–Crippen LogP) is 0.592. The van der Waals surface area contributed by atoms with Gasteiger partial charge in [0, 0.05) is 25.2 Å². The average Bonchev–Trinajstić information content (AvgIpc) is 2.63. The Bertz CT molecular complexity index is 248. The molecule has 0 bridgehead atoms. The molecule has 0 spiro atoms. The van der Waals surface area contributed by atoms with E-state index in [0.29, 0.717) is 6.54 Å². The Kier molecular flexibility index (Phi) is 4.77. The summed E-state index contributed by atoms with van der Waals surface area (Å²) in [5.74, 6) is 2.52. The second kappa shape index (κ2) is 6.30. The van der Waals surface area contributed by atoms with Crippen molar-refractivity contribution in [3.63, 3.8) is 0 Å². The van der Waals surface area contributed by atoms with E-state index in [9.17, 15) is 0 Å². The van der Waals surface area contributed by atoms with Gasteiger partial charge in [-0.1, -0.05) is 5.92 Å². The van der Waals surface area contributed by atoms with E-state index in [2.05, 4.69) is 16.6 Å². The van der Waals surface area contributed by atoms with Gasteiger partial charge in [0.2, 0.25) is 0 Å². The van der Waals surface area contributed by atoms with Gasteiger partial charge in [-0.3, -0.25) is 0 Å². The second-order valence-corrected chi connectivity index (χ2v) is 2.69. The SMILES string of the molecule is C#CCNCCNCc1ccoc1. The Morgan fingerprint density at radius 3 is 2.92 bits per heavy atom. The topological polar surface area (TPSA) is 37.2 Å². The van der Waals surface area contributed by atoms with E-state index >= 15 is 0 Å². The van der Waals surface area contributed by atoms with Crippen molar-refractivity contribution in [3.8, 4) is 12.3 Å². The van der Waals surface area contributed by atoms with E-state index < -0.39 is 0 Å². The molecule has 0 radical (unpaired) electrons. The zero-order chi connectivity index (χ0) is 9.36. The van der Waals surface area contributed by atoms with Crippen molar-refractivity contribution in [1.82, 2.24) is 10.6 Å². The molecule has 3 nitrogen and oxygen atoms in total. The third-order valence-electron chi connectivity index (χ3n) is 1.61. The summed E-state index contributed by atoms with van der Waals surface area (Å²) in [7, 11) is 0. The molecule has 0 saturated carbocycles. The molecule has 1 aromatic rings. The molecule has 0 aliphatic carbocycles. The Labute approximate surface area is 78.5 Å². The summed E-state index contributed by atoms with van der Waals surface area (Å²) >= 11 is 0. The van der Waals surface area contributed by atoms with Crippen molar-refractivity contribution in [3.05, 3.63) is 24.2 Å². The molecule has 1 rings (SSSR count). The fraction of sp³-hybridized carbons (Fsp3) is 0.400. The lowest BCUT2D eigenvalue weighted by Crippen LogP contribution is -2.27. The Morgan fingerprint density at radius 1 is 1.38 bits per heavy atom. The molecule has 70 valence electrons. The van der Waals surface area contributed by atoms with Gasteiger partial charge in [0.1, 0.15) is 0 Å². The zero-order valence-electron chi connectivity index (χ0n) is 7.55. The summed E-state index contributed by atoms with van der Waals surface area (Å²) < 4.78 is 4.93. The van der Waals surface area contributed by atoms with Crippen LogP contribution in [0.2, 0.25) is 0 Å². The standard InChI is InChI=1S/C10H14N2O/c1-2-4-11-5-6-12-8-10-3-7-13-9-10/h1,3,7,9,11-12H,4-6,8H2.